The van der Waals surface area contributed by atoms with E-state index in [1.54, 1.807) is 0 Å². The standard InChI is InChI=1S/C14H10F2N2O3/c15-9-5-7(13(17)19)1-3-11(9)18-12-4-2-8(14(20)21)6-10(12)16/h1-6,18H,(H2,17,19)(H,20,21). The van der Waals surface area contributed by atoms with Crippen LogP contribution in [0.25, 0.3) is 0 Å². The van der Waals surface area contributed by atoms with Crippen LogP contribution in [0.1, 0.15) is 20.7 Å². The average molecular weight is 292 g/mol. The van der Waals surface area contributed by atoms with E-state index >= 15 is 0 Å². The van der Waals surface area contributed by atoms with Gasteiger partial charge in [-0.1, -0.05) is 0 Å². The van der Waals surface area contributed by atoms with Crippen LogP contribution in [-0.2, 0) is 0 Å². The van der Waals surface area contributed by atoms with E-state index in [2.05, 4.69) is 5.32 Å². The first kappa shape index (κ1) is 14.4. The third-order valence-corrected chi connectivity index (χ3v) is 2.74. The Bertz CT molecular complexity index is 671. The fourth-order valence-electron chi connectivity index (χ4n) is 1.66. The molecule has 7 heteroatoms. The van der Waals surface area contributed by atoms with E-state index in [0.29, 0.717) is 0 Å². The summed E-state index contributed by atoms with van der Waals surface area (Å²) in [5, 5.41) is 11.2. The van der Waals surface area contributed by atoms with E-state index in [1.165, 1.54) is 24.3 Å². The van der Waals surface area contributed by atoms with Crippen LogP contribution in [0.5, 0.6) is 0 Å². The van der Waals surface area contributed by atoms with Gasteiger partial charge in [-0.05, 0) is 36.4 Å². The molecule has 108 valence electrons. The molecule has 0 aliphatic rings. The van der Waals surface area contributed by atoms with Gasteiger partial charge in [-0.3, -0.25) is 4.79 Å². The second-order valence-electron chi connectivity index (χ2n) is 4.18. The number of carboxylic acids is 1. The molecule has 0 aromatic heterocycles. The van der Waals surface area contributed by atoms with Crippen molar-refractivity contribution in [1.29, 1.82) is 0 Å². The van der Waals surface area contributed by atoms with Crippen molar-refractivity contribution in [3.05, 3.63) is 59.2 Å². The van der Waals surface area contributed by atoms with Crippen molar-refractivity contribution in [1.82, 2.24) is 0 Å². The van der Waals surface area contributed by atoms with Gasteiger partial charge in [-0.15, -0.1) is 0 Å². The van der Waals surface area contributed by atoms with Crippen molar-refractivity contribution in [2.75, 3.05) is 5.32 Å². The van der Waals surface area contributed by atoms with Crippen LogP contribution in [0.3, 0.4) is 0 Å². The molecule has 2 aromatic carbocycles. The van der Waals surface area contributed by atoms with Gasteiger partial charge >= 0.3 is 5.97 Å². The molecule has 1 amide bonds. The maximum absolute atomic E-state index is 13.7. The number of nitrogens with two attached hydrogens (primary N) is 1. The largest absolute Gasteiger partial charge is 0.478 e. The summed E-state index contributed by atoms with van der Waals surface area (Å²) in [6, 6.07) is 6.63. The molecule has 2 aromatic rings. The summed E-state index contributed by atoms with van der Waals surface area (Å²) in [7, 11) is 0. The van der Waals surface area contributed by atoms with E-state index in [4.69, 9.17) is 10.8 Å². The van der Waals surface area contributed by atoms with Gasteiger partial charge in [0, 0.05) is 5.56 Å². The fraction of sp³-hybridized carbons (Fsp3) is 0. The van der Waals surface area contributed by atoms with Crippen molar-refractivity contribution < 1.29 is 23.5 Å². The molecule has 2 rings (SSSR count). The minimum absolute atomic E-state index is 0.0141. The number of benzene rings is 2. The first-order valence-corrected chi connectivity index (χ1v) is 5.77. The molecule has 0 saturated heterocycles. The van der Waals surface area contributed by atoms with Crippen molar-refractivity contribution in [3.63, 3.8) is 0 Å². The van der Waals surface area contributed by atoms with Crippen LogP contribution >= 0.6 is 0 Å². The molecule has 0 radical (unpaired) electrons. The third kappa shape index (κ3) is 3.14. The van der Waals surface area contributed by atoms with E-state index in [-0.39, 0.29) is 22.5 Å². The number of carbonyl (C=O) groups excluding carboxylic acids is 1. The molecule has 0 bridgehead atoms. The van der Waals surface area contributed by atoms with E-state index < -0.39 is 23.5 Å². The molecule has 0 atom stereocenters. The number of anilines is 2. The summed E-state index contributed by atoms with van der Waals surface area (Å²) < 4.78 is 27.5. The lowest BCUT2D eigenvalue weighted by Crippen LogP contribution is -2.11. The predicted octanol–water partition coefficient (Wildman–Crippen LogP) is 2.51. The summed E-state index contributed by atoms with van der Waals surface area (Å²) in [6.07, 6.45) is 0. The molecule has 0 heterocycles. The molecular formula is C14H10F2N2O3. The number of amides is 1. The monoisotopic (exact) mass is 292 g/mol. The Balaban J connectivity index is 2.30. The normalized spacial score (nSPS) is 10.2. The van der Waals surface area contributed by atoms with E-state index in [1.807, 2.05) is 0 Å². The maximum atomic E-state index is 13.7. The summed E-state index contributed by atoms with van der Waals surface area (Å²) in [5.41, 5.74) is 4.62. The number of rotatable bonds is 4. The Labute approximate surface area is 118 Å². The van der Waals surface area contributed by atoms with Gasteiger partial charge < -0.3 is 16.2 Å². The molecule has 21 heavy (non-hydrogen) atoms. The van der Waals surface area contributed by atoms with E-state index in [9.17, 15) is 18.4 Å². The SMILES string of the molecule is NC(=O)c1ccc(Nc2ccc(C(=O)O)cc2F)c(F)c1. The van der Waals surface area contributed by atoms with Gasteiger partial charge in [-0.25, -0.2) is 13.6 Å². The number of primary amides is 1. The van der Waals surface area contributed by atoms with Gasteiger partial charge in [0.2, 0.25) is 5.91 Å². The first-order chi connectivity index (χ1) is 9.88. The highest BCUT2D eigenvalue weighted by molar-refractivity contribution is 5.93. The Kier molecular flexibility index (Phi) is 3.84. The number of hydrogen-bond donors (Lipinski definition) is 3. The quantitative estimate of drug-likeness (QED) is 0.807. The number of halogens is 2. The number of carbonyl (C=O) groups is 2. The highest BCUT2D eigenvalue weighted by Gasteiger charge is 2.11. The predicted molar refractivity (Wildman–Crippen MR) is 71.6 cm³/mol. The summed E-state index contributed by atoms with van der Waals surface area (Å²) in [4.78, 5) is 21.6. The van der Waals surface area contributed by atoms with Crippen molar-refractivity contribution in [2.24, 2.45) is 5.73 Å². The number of carboxylic acid groups (broad SMARTS) is 1. The molecule has 4 N–H and O–H groups in total. The average Bonchev–Trinajstić information content (AvgIpc) is 2.42. The van der Waals surface area contributed by atoms with Crippen molar-refractivity contribution in [2.45, 2.75) is 0 Å². The van der Waals surface area contributed by atoms with Crippen LogP contribution in [0, 0.1) is 11.6 Å². The molecule has 0 aliphatic heterocycles. The lowest BCUT2D eigenvalue weighted by molar-refractivity contribution is 0.0696. The number of hydrogen-bond acceptors (Lipinski definition) is 3. The zero-order valence-electron chi connectivity index (χ0n) is 10.6. The molecular weight excluding hydrogens is 282 g/mol. The zero-order chi connectivity index (χ0) is 15.6. The van der Waals surface area contributed by atoms with Gasteiger partial charge in [-0.2, -0.15) is 0 Å². The maximum Gasteiger partial charge on any atom is 0.335 e. The summed E-state index contributed by atoms with van der Waals surface area (Å²) in [5.74, 6) is -3.67. The van der Waals surface area contributed by atoms with Crippen LogP contribution in [-0.4, -0.2) is 17.0 Å². The third-order valence-electron chi connectivity index (χ3n) is 2.74. The lowest BCUT2D eigenvalue weighted by Gasteiger charge is -2.09. The molecule has 0 saturated carbocycles. The number of nitrogens with one attached hydrogen (secondary N) is 1. The van der Waals surface area contributed by atoms with Crippen molar-refractivity contribution >= 4 is 23.3 Å². The zero-order valence-corrected chi connectivity index (χ0v) is 10.6. The van der Waals surface area contributed by atoms with Crippen LogP contribution in [0.15, 0.2) is 36.4 Å². The van der Waals surface area contributed by atoms with Gasteiger partial charge in [0.25, 0.3) is 0 Å². The Hall–Kier alpha value is -2.96. The highest BCUT2D eigenvalue weighted by Crippen LogP contribution is 2.24. The topological polar surface area (TPSA) is 92.4 Å². The molecule has 0 aliphatic carbocycles. The second-order valence-corrected chi connectivity index (χ2v) is 4.18. The fourth-order valence-corrected chi connectivity index (χ4v) is 1.66. The van der Waals surface area contributed by atoms with Crippen LogP contribution < -0.4 is 11.1 Å². The number of aromatic carboxylic acids is 1. The smallest absolute Gasteiger partial charge is 0.335 e. The Morgan fingerprint density at radius 3 is 1.86 bits per heavy atom. The lowest BCUT2D eigenvalue weighted by atomic mass is 10.1. The molecule has 0 fully saturated rings. The summed E-state index contributed by atoms with van der Waals surface area (Å²) in [6.45, 7) is 0. The first-order valence-electron chi connectivity index (χ1n) is 5.77. The minimum Gasteiger partial charge on any atom is -0.478 e. The minimum atomic E-state index is -1.27. The highest BCUT2D eigenvalue weighted by atomic mass is 19.1. The van der Waals surface area contributed by atoms with Crippen molar-refractivity contribution in [3.8, 4) is 0 Å². The van der Waals surface area contributed by atoms with Gasteiger partial charge in [0.15, 0.2) is 0 Å². The Morgan fingerprint density at radius 1 is 0.952 bits per heavy atom. The molecule has 5 nitrogen and oxygen atoms in total. The van der Waals surface area contributed by atoms with E-state index in [0.717, 1.165) is 12.1 Å². The van der Waals surface area contributed by atoms with Gasteiger partial charge in [0.1, 0.15) is 11.6 Å². The second kappa shape index (κ2) is 5.58. The van der Waals surface area contributed by atoms with Gasteiger partial charge in [0.05, 0.1) is 16.9 Å². The summed E-state index contributed by atoms with van der Waals surface area (Å²) >= 11 is 0. The molecule has 0 spiro atoms. The Morgan fingerprint density at radius 2 is 1.43 bits per heavy atom. The van der Waals surface area contributed by atoms with Crippen LogP contribution in [0.4, 0.5) is 20.2 Å². The molecule has 0 unspecified atom stereocenters. The van der Waals surface area contributed by atoms with Crippen LogP contribution in [0.2, 0.25) is 0 Å².